The number of nitrogens with zero attached hydrogens (tertiary/aromatic N) is 1. The lowest BCUT2D eigenvalue weighted by atomic mass is 10.2. The van der Waals surface area contributed by atoms with Crippen molar-refractivity contribution in [3.8, 4) is 0 Å². The second-order valence-corrected chi connectivity index (χ2v) is 6.15. The third-order valence-electron chi connectivity index (χ3n) is 3.44. The van der Waals surface area contributed by atoms with E-state index in [-0.39, 0.29) is 18.9 Å². The fourth-order valence-electron chi connectivity index (χ4n) is 1.99. The molecule has 1 heterocycles. The van der Waals surface area contributed by atoms with Crippen molar-refractivity contribution in [2.75, 3.05) is 5.32 Å². The Labute approximate surface area is 161 Å². The molecule has 1 aromatic carbocycles. The van der Waals surface area contributed by atoms with Crippen LogP contribution in [0.15, 0.2) is 46.1 Å². The van der Waals surface area contributed by atoms with Gasteiger partial charge in [-0.15, -0.1) is 0 Å². The maximum atomic E-state index is 11.9. The zero-order valence-corrected chi connectivity index (χ0v) is 15.6. The highest BCUT2D eigenvalue weighted by molar-refractivity contribution is 6.40. The molecule has 0 radical (unpaired) electrons. The number of hydrazone groups is 1. The molecule has 0 unspecified atom stereocenters. The maximum Gasteiger partial charge on any atom is 0.329 e. The Bertz CT molecular complexity index is 862. The fraction of sp³-hybridized carbons (Fsp3) is 0.222. The molecule has 0 spiro atoms. The quantitative estimate of drug-likeness (QED) is 0.399. The molecule has 0 atom stereocenters. The SMILES string of the molecule is C/C(CC(=O)NCc1ccco1)=N\NC(=O)C(=O)Nc1ccc(C)c(Cl)c1. The summed E-state index contributed by atoms with van der Waals surface area (Å²) in [6.45, 7) is 3.64. The van der Waals surface area contributed by atoms with Crippen molar-refractivity contribution < 1.29 is 18.8 Å². The van der Waals surface area contributed by atoms with E-state index in [1.807, 2.05) is 6.92 Å². The predicted octanol–water partition coefficient (Wildman–Crippen LogP) is 2.38. The minimum Gasteiger partial charge on any atom is -0.467 e. The number of carbonyl (C=O) groups is 3. The molecule has 0 aliphatic heterocycles. The van der Waals surface area contributed by atoms with E-state index in [1.54, 1.807) is 37.3 Å². The van der Waals surface area contributed by atoms with Gasteiger partial charge in [0.2, 0.25) is 5.91 Å². The van der Waals surface area contributed by atoms with E-state index in [9.17, 15) is 14.4 Å². The standard InChI is InChI=1S/C18H19ClN4O4/c1-11-5-6-13(9-15(11)19)21-17(25)18(26)23-22-12(2)8-16(24)20-10-14-4-3-7-27-14/h3-7,9H,8,10H2,1-2H3,(H,20,24)(H,21,25)(H,23,26)/b22-12+. The fourth-order valence-corrected chi connectivity index (χ4v) is 2.17. The summed E-state index contributed by atoms with van der Waals surface area (Å²) in [6, 6.07) is 8.35. The summed E-state index contributed by atoms with van der Waals surface area (Å²) in [6.07, 6.45) is 1.48. The second kappa shape index (κ2) is 9.54. The van der Waals surface area contributed by atoms with Crippen molar-refractivity contribution in [3.05, 3.63) is 52.9 Å². The molecule has 8 nitrogen and oxygen atoms in total. The van der Waals surface area contributed by atoms with Crippen LogP contribution in [0.25, 0.3) is 0 Å². The summed E-state index contributed by atoms with van der Waals surface area (Å²) in [5.74, 6) is -1.52. The lowest BCUT2D eigenvalue weighted by molar-refractivity contribution is -0.136. The molecule has 142 valence electrons. The highest BCUT2D eigenvalue weighted by atomic mass is 35.5. The van der Waals surface area contributed by atoms with Gasteiger partial charge in [-0.25, -0.2) is 5.43 Å². The molecular formula is C18H19ClN4O4. The Morgan fingerprint density at radius 2 is 1.96 bits per heavy atom. The first kappa shape index (κ1) is 20.2. The number of anilines is 1. The van der Waals surface area contributed by atoms with Gasteiger partial charge in [0.05, 0.1) is 19.2 Å². The van der Waals surface area contributed by atoms with Gasteiger partial charge in [0, 0.05) is 16.4 Å². The maximum absolute atomic E-state index is 11.9. The highest BCUT2D eigenvalue weighted by Gasteiger charge is 2.14. The van der Waals surface area contributed by atoms with Gasteiger partial charge < -0.3 is 15.1 Å². The lowest BCUT2D eigenvalue weighted by Crippen LogP contribution is -2.33. The molecule has 0 aliphatic rings. The number of rotatable bonds is 6. The van der Waals surface area contributed by atoms with Crippen LogP contribution in [0, 0.1) is 6.92 Å². The van der Waals surface area contributed by atoms with E-state index in [0.717, 1.165) is 5.56 Å². The third-order valence-corrected chi connectivity index (χ3v) is 3.85. The normalized spacial score (nSPS) is 11.0. The zero-order chi connectivity index (χ0) is 19.8. The monoisotopic (exact) mass is 390 g/mol. The number of benzene rings is 1. The summed E-state index contributed by atoms with van der Waals surface area (Å²) >= 11 is 5.97. The van der Waals surface area contributed by atoms with E-state index in [0.29, 0.717) is 22.2 Å². The Morgan fingerprint density at radius 1 is 1.19 bits per heavy atom. The van der Waals surface area contributed by atoms with E-state index in [2.05, 4.69) is 21.2 Å². The molecule has 1 aromatic heterocycles. The van der Waals surface area contributed by atoms with Gasteiger partial charge in [-0.2, -0.15) is 5.10 Å². The van der Waals surface area contributed by atoms with E-state index >= 15 is 0 Å². The molecule has 0 aliphatic carbocycles. The average molecular weight is 391 g/mol. The number of halogens is 1. The minimum atomic E-state index is -0.956. The first-order chi connectivity index (χ1) is 12.8. The van der Waals surface area contributed by atoms with Crippen LogP contribution in [0.4, 0.5) is 5.69 Å². The molecule has 2 rings (SSSR count). The van der Waals surface area contributed by atoms with Crippen LogP contribution in [0.2, 0.25) is 5.02 Å². The highest BCUT2D eigenvalue weighted by Crippen LogP contribution is 2.19. The smallest absolute Gasteiger partial charge is 0.329 e. The Morgan fingerprint density at radius 3 is 2.63 bits per heavy atom. The van der Waals surface area contributed by atoms with Crippen molar-refractivity contribution in [2.24, 2.45) is 5.10 Å². The molecular weight excluding hydrogens is 372 g/mol. The molecule has 9 heteroatoms. The Balaban J connectivity index is 1.78. The van der Waals surface area contributed by atoms with Crippen molar-refractivity contribution in [1.82, 2.24) is 10.7 Å². The molecule has 0 fully saturated rings. The number of aryl methyl sites for hydroxylation is 1. The van der Waals surface area contributed by atoms with Crippen molar-refractivity contribution in [3.63, 3.8) is 0 Å². The van der Waals surface area contributed by atoms with Gasteiger partial charge in [0.15, 0.2) is 0 Å². The molecule has 3 amide bonds. The first-order valence-electron chi connectivity index (χ1n) is 8.05. The van der Waals surface area contributed by atoms with Crippen LogP contribution >= 0.6 is 11.6 Å². The molecule has 0 saturated carbocycles. The average Bonchev–Trinajstić information content (AvgIpc) is 3.14. The van der Waals surface area contributed by atoms with E-state index in [4.69, 9.17) is 16.0 Å². The molecule has 27 heavy (non-hydrogen) atoms. The first-order valence-corrected chi connectivity index (χ1v) is 8.42. The largest absolute Gasteiger partial charge is 0.467 e. The Kier molecular flexibility index (Phi) is 7.13. The summed E-state index contributed by atoms with van der Waals surface area (Å²) in [4.78, 5) is 35.4. The number of carbonyl (C=O) groups excluding carboxylic acids is 3. The third kappa shape index (κ3) is 6.59. The van der Waals surface area contributed by atoms with Crippen LogP contribution in [-0.2, 0) is 20.9 Å². The summed E-state index contributed by atoms with van der Waals surface area (Å²) in [7, 11) is 0. The van der Waals surface area contributed by atoms with Gasteiger partial charge in [-0.1, -0.05) is 17.7 Å². The molecule has 2 aromatic rings. The van der Waals surface area contributed by atoms with Gasteiger partial charge in [-0.3, -0.25) is 14.4 Å². The number of hydrogen-bond acceptors (Lipinski definition) is 5. The van der Waals surface area contributed by atoms with Crippen LogP contribution in [0.1, 0.15) is 24.7 Å². The van der Waals surface area contributed by atoms with Gasteiger partial charge in [-0.05, 0) is 43.7 Å². The molecule has 0 saturated heterocycles. The molecule has 0 bridgehead atoms. The topological polar surface area (TPSA) is 113 Å². The van der Waals surface area contributed by atoms with Crippen molar-refractivity contribution in [1.29, 1.82) is 0 Å². The number of nitrogens with one attached hydrogen (secondary N) is 3. The van der Waals surface area contributed by atoms with Gasteiger partial charge in [0.1, 0.15) is 5.76 Å². The van der Waals surface area contributed by atoms with E-state index in [1.165, 1.54) is 6.26 Å². The van der Waals surface area contributed by atoms with Crippen LogP contribution in [-0.4, -0.2) is 23.4 Å². The summed E-state index contributed by atoms with van der Waals surface area (Å²) in [5.41, 5.74) is 3.69. The van der Waals surface area contributed by atoms with Crippen LogP contribution in [0.3, 0.4) is 0 Å². The lowest BCUT2D eigenvalue weighted by Gasteiger charge is -2.06. The number of furan rings is 1. The van der Waals surface area contributed by atoms with E-state index < -0.39 is 11.8 Å². The Hall–Kier alpha value is -3.13. The zero-order valence-electron chi connectivity index (χ0n) is 14.8. The number of amides is 3. The number of hydrogen-bond donors (Lipinski definition) is 3. The second-order valence-electron chi connectivity index (χ2n) is 5.74. The predicted molar refractivity (Wildman–Crippen MR) is 101 cm³/mol. The van der Waals surface area contributed by atoms with Crippen molar-refractivity contribution >= 4 is 40.7 Å². The summed E-state index contributed by atoms with van der Waals surface area (Å²) in [5, 5.41) is 9.29. The van der Waals surface area contributed by atoms with Crippen LogP contribution in [0.5, 0.6) is 0 Å². The minimum absolute atomic E-state index is 0.0316. The van der Waals surface area contributed by atoms with Crippen molar-refractivity contribution in [2.45, 2.75) is 26.8 Å². The van der Waals surface area contributed by atoms with Gasteiger partial charge >= 0.3 is 11.8 Å². The summed E-state index contributed by atoms with van der Waals surface area (Å²) < 4.78 is 5.10. The van der Waals surface area contributed by atoms with Crippen LogP contribution < -0.4 is 16.1 Å². The molecule has 3 N–H and O–H groups in total. The van der Waals surface area contributed by atoms with Gasteiger partial charge in [0.25, 0.3) is 0 Å².